The molecule has 0 unspecified atom stereocenters. The van der Waals surface area contributed by atoms with Crippen LogP contribution in [0.25, 0.3) is 0 Å². The van der Waals surface area contributed by atoms with E-state index in [1.807, 2.05) is 6.07 Å². The summed E-state index contributed by atoms with van der Waals surface area (Å²) in [7, 11) is 0. The smallest absolute Gasteiger partial charge is 0.408 e. The molecule has 0 aromatic heterocycles. The fourth-order valence-electron chi connectivity index (χ4n) is 8.45. The number of carboxylic acid groups (broad SMARTS) is 1. The van der Waals surface area contributed by atoms with Gasteiger partial charge in [0, 0.05) is 19.4 Å². The van der Waals surface area contributed by atoms with Crippen LogP contribution in [0.4, 0.5) is 4.79 Å². The number of nitrogens with zero attached hydrogens (tertiary/aromatic N) is 1. The number of aliphatic carboxylic acids is 1. The van der Waals surface area contributed by atoms with E-state index in [0.717, 1.165) is 0 Å². The Bertz CT molecular complexity index is 2340. The molecule has 0 aliphatic carbocycles. The first kappa shape index (κ1) is 64.1. The van der Waals surface area contributed by atoms with E-state index < -0.39 is 137 Å². The normalized spacial score (nSPS) is 17.0. The molecule has 0 bridgehead atoms. The second kappa shape index (κ2) is 30.0. The monoisotopic (exact) mass is 1080 g/mol. The summed E-state index contributed by atoms with van der Waals surface area (Å²) >= 11 is 0. The van der Waals surface area contributed by atoms with E-state index in [9.17, 15) is 47.9 Å². The van der Waals surface area contributed by atoms with Gasteiger partial charge in [0.15, 0.2) is 0 Å². The summed E-state index contributed by atoms with van der Waals surface area (Å²) in [5.41, 5.74) is 5.25. The average Bonchev–Trinajstić information content (AvgIpc) is 3.85. The molecule has 23 nitrogen and oxygen atoms in total. The number of carboxylic acids is 1. The Balaban J connectivity index is 1.91. The Morgan fingerprint density at radius 1 is 0.662 bits per heavy atom. The van der Waals surface area contributed by atoms with Crippen molar-refractivity contribution in [1.82, 2.24) is 42.1 Å². The topological polar surface area (TPSA) is 332 Å². The molecule has 1 fully saturated rings. The number of amides is 9. The molecule has 1 aliphatic rings. The molecule has 0 saturated carbocycles. The van der Waals surface area contributed by atoms with Gasteiger partial charge in [-0.1, -0.05) is 80.9 Å². The molecule has 1 saturated heterocycles. The van der Waals surface area contributed by atoms with Crippen LogP contribution in [0.1, 0.15) is 119 Å². The third-order valence-electron chi connectivity index (χ3n) is 12.4. The van der Waals surface area contributed by atoms with Gasteiger partial charge in [0.05, 0.1) is 23.4 Å². The maximum atomic E-state index is 14.8. The highest BCUT2D eigenvalue weighted by atomic mass is 16.6. The number of likely N-dealkylation sites (tertiary alicyclic amines) is 1. The van der Waals surface area contributed by atoms with Crippen molar-refractivity contribution in [3.05, 3.63) is 71.8 Å². The van der Waals surface area contributed by atoms with Crippen LogP contribution < -0.4 is 43.0 Å². The lowest BCUT2D eigenvalue weighted by Crippen LogP contribution is -2.62. The van der Waals surface area contributed by atoms with E-state index in [1.165, 1.54) is 18.7 Å². The lowest BCUT2D eigenvalue weighted by atomic mass is 9.98. The van der Waals surface area contributed by atoms with Gasteiger partial charge in [-0.05, 0) is 98.6 Å². The van der Waals surface area contributed by atoms with Gasteiger partial charge < -0.3 is 67.2 Å². The number of alkyl carbamates (subject to hydrolysis) is 1. The molecule has 426 valence electrons. The molecule has 1 aliphatic heterocycles. The third kappa shape index (κ3) is 22.2. The van der Waals surface area contributed by atoms with Gasteiger partial charge in [0.25, 0.3) is 0 Å². The van der Waals surface area contributed by atoms with Crippen LogP contribution in [0.3, 0.4) is 0 Å². The molecule has 10 N–H and O–H groups in total. The summed E-state index contributed by atoms with van der Waals surface area (Å²) in [5.74, 6) is -8.11. The fraction of sp³-hybridized carbons (Fsp3) is 0.593. The van der Waals surface area contributed by atoms with Crippen molar-refractivity contribution in [2.45, 2.75) is 187 Å². The average molecular weight is 1080 g/mol. The number of carbonyl (C=O) groups excluding carboxylic acids is 9. The Kier molecular flexibility index (Phi) is 25.0. The van der Waals surface area contributed by atoms with Gasteiger partial charge in [0.2, 0.25) is 47.3 Å². The van der Waals surface area contributed by atoms with Crippen molar-refractivity contribution < 1.29 is 67.3 Å². The van der Waals surface area contributed by atoms with Crippen molar-refractivity contribution in [2.24, 2.45) is 11.7 Å². The van der Waals surface area contributed by atoms with Crippen LogP contribution in [0.2, 0.25) is 0 Å². The van der Waals surface area contributed by atoms with Crippen LogP contribution in [0.5, 0.6) is 0 Å². The van der Waals surface area contributed by atoms with Crippen molar-refractivity contribution >= 4 is 59.3 Å². The number of primary amides is 1. The van der Waals surface area contributed by atoms with Crippen LogP contribution >= 0.6 is 0 Å². The molecule has 0 radical (unpaired) electrons. The van der Waals surface area contributed by atoms with Gasteiger partial charge in [-0.25, -0.2) is 4.79 Å². The minimum Gasteiger partial charge on any atom is -0.480 e. The summed E-state index contributed by atoms with van der Waals surface area (Å²) in [4.78, 5) is 136. The number of ether oxygens (including phenoxy) is 3. The number of carbonyl (C=O) groups is 10. The first-order valence-corrected chi connectivity index (χ1v) is 26.0. The van der Waals surface area contributed by atoms with Gasteiger partial charge in [-0.2, -0.15) is 0 Å². The lowest BCUT2D eigenvalue weighted by molar-refractivity contribution is -0.144. The van der Waals surface area contributed by atoms with E-state index >= 15 is 0 Å². The van der Waals surface area contributed by atoms with Crippen molar-refractivity contribution in [3.63, 3.8) is 0 Å². The van der Waals surface area contributed by atoms with E-state index in [1.54, 1.807) is 117 Å². The Labute approximate surface area is 451 Å². The Morgan fingerprint density at radius 3 is 1.73 bits per heavy atom. The number of hydrogen-bond donors (Lipinski definition) is 9. The van der Waals surface area contributed by atoms with Gasteiger partial charge >= 0.3 is 12.1 Å². The predicted octanol–water partition coefficient (Wildman–Crippen LogP) is 1.88. The zero-order chi connectivity index (χ0) is 57.8. The maximum Gasteiger partial charge on any atom is 0.408 e. The number of nitrogens with two attached hydrogens (primary N) is 1. The maximum absolute atomic E-state index is 14.8. The van der Waals surface area contributed by atoms with Crippen LogP contribution in [0, 0.1) is 5.92 Å². The van der Waals surface area contributed by atoms with Crippen molar-refractivity contribution in [1.29, 1.82) is 0 Å². The second-order valence-electron chi connectivity index (χ2n) is 21.3. The van der Waals surface area contributed by atoms with Crippen LogP contribution in [0.15, 0.2) is 60.7 Å². The fourth-order valence-corrected chi connectivity index (χ4v) is 8.45. The predicted molar refractivity (Wildman–Crippen MR) is 283 cm³/mol. The van der Waals surface area contributed by atoms with Gasteiger partial charge in [-0.15, -0.1) is 0 Å². The highest BCUT2D eigenvalue weighted by Crippen LogP contribution is 2.22. The molecule has 23 heteroatoms. The summed E-state index contributed by atoms with van der Waals surface area (Å²) in [6.45, 7) is 17.7. The lowest BCUT2D eigenvalue weighted by Gasteiger charge is -2.33. The first-order valence-electron chi connectivity index (χ1n) is 26.0. The molecular weight excluding hydrogens is 999 g/mol. The standard InChI is InChI=1S/C54H81N9O14/c1-12-31(2)42(48(70)56-29-41(65)66)60-45(67)32(3)57-49(71)43(33(4)76-53(6,7)8)61-46(68)37(25-26-40(55)64)58-47(69)39-24-19-27-63(39)51(73)38(28-35-20-15-13-16-21-35)59-50(72)44(34(5)77-54(9,10)11)62-52(74)75-30-36-22-17-14-18-23-36/h13-18,20-23,31-34,37-39,42-44H,12,19,24-30H2,1-11H3,(H2,55,64)(H,56,70)(H,57,71)(H,58,69)(H,59,72)(H,60,67)(H,61,68)(H,62,74)(H,65,66)/t31-,32-,33+,34+,37-,38-,39-,42-,43-,44-/m0/s1. The largest absolute Gasteiger partial charge is 0.480 e. The summed E-state index contributed by atoms with van der Waals surface area (Å²) in [5, 5.41) is 27.1. The van der Waals surface area contributed by atoms with Crippen LogP contribution in [-0.4, -0.2) is 148 Å². The molecule has 2 aromatic rings. The number of rotatable bonds is 28. The molecule has 1 heterocycles. The minimum absolute atomic E-state index is 0.0291. The highest BCUT2D eigenvalue weighted by molar-refractivity contribution is 5.98. The van der Waals surface area contributed by atoms with Crippen LogP contribution in [-0.2, 0) is 70.4 Å². The molecular formula is C54H81N9O14. The van der Waals surface area contributed by atoms with E-state index in [-0.39, 0.29) is 38.8 Å². The van der Waals surface area contributed by atoms with Gasteiger partial charge in [-0.3, -0.25) is 43.2 Å². The van der Waals surface area contributed by atoms with Crippen molar-refractivity contribution in [2.75, 3.05) is 13.1 Å². The summed E-state index contributed by atoms with van der Waals surface area (Å²) < 4.78 is 17.6. The third-order valence-corrected chi connectivity index (χ3v) is 12.4. The molecule has 2 aromatic carbocycles. The minimum atomic E-state index is -1.53. The quantitative estimate of drug-likeness (QED) is 0.0588. The molecule has 9 amide bonds. The summed E-state index contributed by atoms with van der Waals surface area (Å²) in [6, 6.07) is 8.42. The second-order valence-corrected chi connectivity index (χ2v) is 21.3. The van der Waals surface area contributed by atoms with E-state index in [2.05, 4.69) is 37.2 Å². The number of benzene rings is 2. The van der Waals surface area contributed by atoms with E-state index in [4.69, 9.17) is 25.1 Å². The zero-order valence-electron chi connectivity index (χ0n) is 46.2. The first-order chi connectivity index (χ1) is 36.0. The van der Waals surface area contributed by atoms with Crippen molar-refractivity contribution in [3.8, 4) is 0 Å². The number of hydrogen-bond acceptors (Lipinski definition) is 13. The summed E-state index contributed by atoms with van der Waals surface area (Å²) in [6.07, 6.45) is -2.75. The van der Waals surface area contributed by atoms with E-state index in [0.29, 0.717) is 24.0 Å². The Hall–Kier alpha value is -7.14. The van der Waals surface area contributed by atoms with Gasteiger partial charge in [0.1, 0.15) is 55.4 Å². The molecule has 3 rings (SSSR count). The molecule has 0 spiro atoms. The SMILES string of the molecule is CC[C@H](C)[C@H](NC(=O)[C@H](C)NC(=O)[C@@H](NC(=O)[C@H](CCC(N)=O)NC(=O)[C@@H]1CCCN1C(=O)[C@H](Cc1ccccc1)NC(=O)[C@@H](NC(=O)OCc1ccccc1)[C@@H](C)OC(C)(C)C)[C@@H](C)OC(C)(C)C)C(=O)NCC(=O)O. The zero-order valence-corrected chi connectivity index (χ0v) is 46.2. The highest BCUT2D eigenvalue weighted by Gasteiger charge is 2.42. The molecule has 10 atom stereocenters. The number of nitrogens with one attached hydrogen (secondary N) is 7. The molecule has 77 heavy (non-hydrogen) atoms. The Morgan fingerprint density at radius 2 is 1.19 bits per heavy atom.